The molecule has 6 nitrogen and oxygen atoms in total. The molecule has 4 unspecified atom stereocenters. The van der Waals surface area contributed by atoms with Crippen LogP contribution in [0.4, 0.5) is 18.9 Å². The smallest absolute Gasteiger partial charge is 0.369 e. The van der Waals surface area contributed by atoms with Gasteiger partial charge in [0.2, 0.25) is 5.91 Å². The van der Waals surface area contributed by atoms with Crippen molar-refractivity contribution >= 4 is 11.6 Å². The van der Waals surface area contributed by atoms with Crippen molar-refractivity contribution in [3.63, 3.8) is 0 Å². The molecule has 2 N–H and O–H groups in total. The van der Waals surface area contributed by atoms with E-state index in [1.165, 1.54) is 17.8 Å². The number of carbonyl (C=O) groups excluding carboxylic acids is 1. The van der Waals surface area contributed by atoms with Crippen molar-refractivity contribution < 1.29 is 18.0 Å². The second kappa shape index (κ2) is 9.44. The summed E-state index contributed by atoms with van der Waals surface area (Å²) in [4.78, 5) is 19.3. The summed E-state index contributed by atoms with van der Waals surface area (Å²) in [5.41, 5.74) is 8.37. The molecule has 0 spiro atoms. The summed E-state index contributed by atoms with van der Waals surface area (Å²) in [6.07, 6.45) is -4.21. The van der Waals surface area contributed by atoms with Gasteiger partial charge < -0.3 is 14.7 Å². The van der Waals surface area contributed by atoms with Crippen LogP contribution in [-0.4, -0.2) is 61.5 Å². The van der Waals surface area contributed by atoms with Crippen molar-refractivity contribution in [3.8, 4) is 0 Å². The Balaban J connectivity index is 1.33. The highest BCUT2D eigenvalue weighted by molar-refractivity contribution is 5.78. The first-order valence-electron chi connectivity index (χ1n) is 12.2. The molecule has 1 amide bonds. The minimum absolute atomic E-state index is 0.0257. The predicted molar refractivity (Wildman–Crippen MR) is 129 cm³/mol. The Hall–Kier alpha value is -2.62. The van der Waals surface area contributed by atoms with E-state index >= 15 is 0 Å². The number of anilines is 1. The summed E-state index contributed by atoms with van der Waals surface area (Å²) < 4.78 is 40.9. The molecule has 3 fully saturated rings. The number of nitrogens with zero attached hydrogens (tertiary/aromatic N) is 3. The Morgan fingerprint density at radius 3 is 2.34 bits per heavy atom. The molecule has 0 radical (unpaired) electrons. The highest BCUT2D eigenvalue weighted by Crippen LogP contribution is 2.40. The molecular formula is C26H32F3N5O. The maximum absolute atomic E-state index is 13.6. The number of rotatable bonds is 4. The zero-order chi connectivity index (χ0) is 24.7. The van der Waals surface area contributed by atoms with Gasteiger partial charge in [-0.3, -0.25) is 10.2 Å². The van der Waals surface area contributed by atoms with Gasteiger partial charge in [0.1, 0.15) is 0 Å². The van der Waals surface area contributed by atoms with Gasteiger partial charge in [0.25, 0.3) is 0 Å². The van der Waals surface area contributed by atoms with Gasteiger partial charge in [0, 0.05) is 56.8 Å². The number of hydrazine groups is 1. The van der Waals surface area contributed by atoms with E-state index in [0.29, 0.717) is 6.54 Å². The highest BCUT2D eigenvalue weighted by Gasteiger charge is 2.45. The molecule has 4 atom stereocenters. The molecule has 3 saturated heterocycles. The van der Waals surface area contributed by atoms with E-state index in [0.717, 1.165) is 37.8 Å². The fraction of sp³-hybridized carbons (Fsp3) is 0.500. The fourth-order valence-corrected chi connectivity index (χ4v) is 5.66. The minimum atomic E-state index is -4.46. The van der Waals surface area contributed by atoms with Gasteiger partial charge >= 0.3 is 6.18 Å². The van der Waals surface area contributed by atoms with Crippen LogP contribution in [0, 0.1) is 5.92 Å². The van der Waals surface area contributed by atoms with E-state index in [1.54, 1.807) is 17.9 Å². The number of likely N-dealkylation sites (N-methyl/N-ethyl adjacent to an activating group) is 1. The van der Waals surface area contributed by atoms with Crippen LogP contribution in [0.15, 0.2) is 48.5 Å². The molecule has 0 saturated carbocycles. The lowest BCUT2D eigenvalue weighted by Crippen LogP contribution is -2.49. The number of hydrogen-bond donors (Lipinski definition) is 2. The Morgan fingerprint density at radius 2 is 1.66 bits per heavy atom. The van der Waals surface area contributed by atoms with Gasteiger partial charge in [-0.25, -0.2) is 5.43 Å². The van der Waals surface area contributed by atoms with Crippen molar-refractivity contribution in [2.75, 3.05) is 44.7 Å². The summed E-state index contributed by atoms with van der Waals surface area (Å²) in [6, 6.07) is 13.3. The van der Waals surface area contributed by atoms with Crippen molar-refractivity contribution in [2.24, 2.45) is 5.92 Å². The number of piperidine rings is 1. The van der Waals surface area contributed by atoms with Crippen LogP contribution in [0.3, 0.4) is 0 Å². The van der Waals surface area contributed by atoms with Gasteiger partial charge in [-0.15, -0.1) is 0 Å². The third kappa shape index (κ3) is 4.77. The van der Waals surface area contributed by atoms with Crippen LogP contribution >= 0.6 is 0 Å². The molecule has 3 aliphatic heterocycles. The van der Waals surface area contributed by atoms with E-state index < -0.39 is 17.8 Å². The second-order valence-corrected chi connectivity index (χ2v) is 9.93. The van der Waals surface area contributed by atoms with Crippen molar-refractivity contribution in [2.45, 2.75) is 37.6 Å². The number of nitrogens with one attached hydrogen (secondary N) is 2. The first-order valence-corrected chi connectivity index (χ1v) is 12.2. The van der Waals surface area contributed by atoms with Crippen LogP contribution < -0.4 is 15.8 Å². The molecule has 9 heteroatoms. The number of amides is 1. The van der Waals surface area contributed by atoms with Gasteiger partial charge in [-0.1, -0.05) is 30.3 Å². The Bertz CT molecular complexity index is 1050. The summed E-state index contributed by atoms with van der Waals surface area (Å²) in [5.74, 6) is -0.0706. The molecule has 3 heterocycles. The average Bonchev–Trinajstić information content (AvgIpc) is 3.26. The number of piperazine rings is 1. The third-order valence-corrected chi connectivity index (χ3v) is 7.80. The van der Waals surface area contributed by atoms with E-state index in [-0.39, 0.29) is 35.9 Å². The number of carbonyl (C=O) groups is 1. The van der Waals surface area contributed by atoms with Crippen molar-refractivity contribution in [3.05, 3.63) is 65.2 Å². The lowest BCUT2D eigenvalue weighted by molar-refractivity contribution is -0.142. The first kappa shape index (κ1) is 24.1. The van der Waals surface area contributed by atoms with Crippen LogP contribution in [0.2, 0.25) is 0 Å². The molecule has 5 rings (SSSR count). The Labute approximate surface area is 204 Å². The Morgan fingerprint density at radius 1 is 0.971 bits per heavy atom. The molecule has 0 aromatic heterocycles. The molecule has 35 heavy (non-hydrogen) atoms. The van der Waals surface area contributed by atoms with Gasteiger partial charge in [0.05, 0.1) is 17.6 Å². The lowest BCUT2D eigenvalue weighted by Gasteiger charge is -2.40. The molecule has 0 bridgehead atoms. The van der Waals surface area contributed by atoms with E-state index in [2.05, 4.69) is 52.0 Å². The molecule has 2 aromatic carbocycles. The maximum Gasteiger partial charge on any atom is 0.416 e. The SMILES string of the molecule is CC(c1ccccc1C(F)(F)F)N1CC2C(CC1=O)NNC2c1ccc(N2CCN(C)CC2)cc1. The zero-order valence-corrected chi connectivity index (χ0v) is 20.1. The summed E-state index contributed by atoms with van der Waals surface area (Å²) in [5, 5.41) is 0. The molecule has 0 aliphatic carbocycles. The largest absolute Gasteiger partial charge is 0.416 e. The monoisotopic (exact) mass is 487 g/mol. The van der Waals surface area contributed by atoms with Crippen molar-refractivity contribution in [1.82, 2.24) is 20.7 Å². The predicted octanol–water partition coefficient (Wildman–Crippen LogP) is 3.58. The van der Waals surface area contributed by atoms with Crippen LogP contribution in [0.25, 0.3) is 0 Å². The van der Waals surface area contributed by atoms with E-state index in [4.69, 9.17) is 0 Å². The minimum Gasteiger partial charge on any atom is -0.369 e. The topological polar surface area (TPSA) is 50.9 Å². The Kier molecular flexibility index (Phi) is 6.50. The van der Waals surface area contributed by atoms with Gasteiger partial charge in [-0.2, -0.15) is 13.2 Å². The number of hydrogen-bond acceptors (Lipinski definition) is 5. The number of benzene rings is 2. The molecular weight excluding hydrogens is 455 g/mol. The van der Waals surface area contributed by atoms with E-state index in [9.17, 15) is 18.0 Å². The lowest BCUT2D eigenvalue weighted by atomic mass is 9.83. The standard InChI is InChI=1S/C26H32F3N5O/c1-17(20-5-3-4-6-22(20)26(27,28)29)34-16-21-23(15-24(34)35)30-31-25(21)18-7-9-19(10-8-18)33-13-11-32(2)12-14-33/h3-10,17,21,23,25,30-31H,11-16H2,1-2H3. The fourth-order valence-electron chi connectivity index (χ4n) is 5.66. The summed E-state index contributed by atoms with van der Waals surface area (Å²) >= 11 is 0. The van der Waals surface area contributed by atoms with Gasteiger partial charge in [-0.05, 0) is 43.3 Å². The molecule has 2 aromatic rings. The highest BCUT2D eigenvalue weighted by atomic mass is 19.4. The first-order chi connectivity index (χ1) is 16.7. The van der Waals surface area contributed by atoms with E-state index in [1.807, 2.05) is 0 Å². The van der Waals surface area contributed by atoms with Crippen LogP contribution in [0.1, 0.15) is 42.1 Å². The van der Waals surface area contributed by atoms with Gasteiger partial charge in [0.15, 0.2) is 0 Å². The van der Waals surface area contributed by atoms with Crippen molar-refractivity contribution in [1.29, 1.82) is 0 Å². The normalized spacial score (nSPS) is 26.7. The number of likely N-dealkylation sites (tertiary alicyclic amines) is 1. The molecule has 3 aliphatic rings. The maximum atomic E-state index is 13.6. The third-order valence-electron chi connectivity index (χ3n) is 7.80. The summed E-state index contributed by atoms with van der Waals surface area (Å²) in [7, 11) is 2.14. The summed E-state index contributed by atoms with van der Waals surface area (Å²) in [6.45, 7) is 6.16. The number of alkyl halides is 3. The quantitative estimate of drug-likeness (QED) is 0.691. The van der Waals surface area contributed by atoms with Crippen LogP contribution in [0.5, 0.6) is 0 Å². The van der Waals surface area contributed by atoms with Crippen LogP contribution in [-0.2, 0) is 11.0 Å². The number of halogens is 3. The average molecular weight is 488 g/mol. The molecule has 188 valence electrons. The second-order valence-electron chi connectivity index (χ2n) is 9.93. The zero-order valence-electron chi connectivity index (χ0n) is 20.1. The number of fused-ring (bicyclic) bond motifs is 1.